The molecular formula is C24H26N2O3S. The zero-order valence-electron chi connectivity index (χ0n) is 17.4. The van der Waals surface area contributed by atoms with Gasteiger partial charge in [0.05, 0.1) is 10.3 Å². The summed E-state index contributed by atoms with van der Waals surface area (Å²) in [6.45, 7) is 4.00. The van der Waals surface area contributed by atoms with E-state index in [9.17, 15) is 13.2 Å². The quantitative estimate of drug-likeness (QED) is 0.613. The van der Waals surface area contributed by atoms with Gasteiger partial charge in [0.15, 0.2) is 0 Å². The molecule has 0 saturated heterocycles. The van der Waals surface area contributed by atoms with Crippen molar-refractivity contribution >= 4 is 21.6 Å². The van der Waals surface area contributed by atoms with Gasteiger partial charge in [-0.15, -0.1) is 0 Å². The maximum absolute atomic E-state index is 12.9. The van der Waals surface area contributed by atoms with Crippen molar-refractivity contribution in [3.8, 4) is 0 Å². The molecule has 0 atom stereocenters. The van der Waals surface area contributed by atoms with Gasteiger partial charge in [-0.25, -0.2) is 8.42 Å². The SMILES string of the molecule is CN(Cc1ccccc1)S(=O)(=O)c1ccc(NC(=O)C(C)(C)c2ccccc2)cc1. The summed E-state index contributed by atoms with van der Waals surface area (Å²) < 4.78 is 27.0. The van der Waals surface area contributed by atoms with Crippen molar-refractivity contribution in [3.05, 3.63) is 96.1 Å². The number of sulfonamides is 1. The van der Waals surface area contributed by atoms with Crippen LogP contribution in [0.2, 0.25) is 0 Å². The van der Waals surface area contributed by atoms with Crippen LogP contribution in [0, 0.1) is 0 Å². The molecule has 3 aromatic rings. The topological polar surface area (TPSA) is 66.5 Å². The first-order valence-electron chi connectivity index (χ1n) is 9.68. The largest absolute Gasteiger partial charge is 0.325 e. The minimum absolute atomic E-state index is 0.162. The summed E-state index contributed by atoms with van der Waals surface area (Å²) in [5.41, 5.74) is 1.65. The third-order valence-electron chi connectivity index (χ3n) is 5.13. The number of rotatable bonds is 7. The van der Waals surface area contributed by atoms with E-state index in [0.29, 0.717) is 5.69 Å². The summed E-state index contributed by atoms with van der Waals surface area (Å²) in [4.78, 5) is 13.0. The van der Waals surface area contributed by atoms with Crippen molar-refractivity contribution < 1.29 is 13.2 Å². The molecule has 0 aliphatic carbocycles. The van der Waals surface area contributed by atoms with Crippen molar-refractivity contribution in [2.24, 2.45) is 0 Å². The lowest BCUT2D eigenvalue weighted by Crippen LogP contribution is -2.34. The summed E-state index contributed by atoms with van der Waals surface area (Å²) in [6.07, 6.45) is 0. The predicted molar refractivity (Wildman–Crippen MR) is 120 cm³/mol. The fourth-order valence-corrected chi connectivity index (χ4v) is 4.25. The highest BCUT2D eigenvalue weighted by Crippen LogP contribution is 2.26. The number of carbonyl (C=O) groups is 1. The van der Waals surface area contributed by atoms with Crippen LogP contribution >= 0.6 is 0 Å². The average Bonchev–Trinajstić information content (AvgIpc) is 2.75. The Morgan fingerprint density at radius 2 is 1.40 bits per heavy atom. The molecule has 1 amide bonds. The predicted octanol–water partition coefficient (Wildman–Crippen LogP) is 4.42. The molecule has 3 rings (SSSR count). The minimum Gasteiger partial charge on any atom is -0.325 e. The maximum Gasteiger partial charge on any atom is 0.243 e. The van der Waals surface area contributed by atoms with Crippen LogP contribution in [0.3, 0.4) is 0 Å². The van der Waals surface area contributed by atoms with Gasteiger partial charge in [0.2, 0.25) is 15.9 Å². The van der Waals surface area contributed by atoms with Gasteiger partial charge in [-0.3, -0.25) is 4.79 Å². The molecule has 0 aliphatic rings. The van der Waals surface area contributed by atoms with E-state index in [-0.39, 0.29) is 17.3 Å². The van der Waals surface area contributed by atoms with Gasteiger partial charge < -0.3 is 5.32 Å². The molecular weight excluding hydrogens is 396 g/mol. The van der Waals surface area contributed by atoms with Crippen LogP contribution in [0.1, 0.15) is 25.0 Å². The Morgan fingerprint density at radius 3 is 1.97 bits per heavy atom. The summed E-state index contributed by atoms with van der Waals surface area (Å²) in [6, 6.07) is 25.2. The van der Waals surface area contributed by atoms with Crippen molar-refractivity contribution in [1.82, 2.24) is 4.31 Å². The van der Waals surface area contributed by atoms with Crippen LogP contribution in [0.15, 0.2) is 89.8 Å². The van der Waals surface area contributed by atoms with Gasteiger partial charge >= 0.3 is 0 Å². The Kier molecular flexibility index (Phi) is 6.39. The van der Waals surface area contributed by atoms with Crippen LogP contribution in [0.25, 0.3) is 0 Å². The lowest BCUT2D eigenvalue weighted by molar-refractivity contribution is -0.120. The molecule has 0 unspecified atom stereocenters. The van der Waals surface area contributed by atoms with E-state index in [1.165, 1.54) is 16.4 Å². The second-order valence-corrected chi connectivity index (χ2v) is 9.76. The Bertz CT molecular complexity index is 1090. The highest BCUT2D eigenvalue weighted by Gasteiger charge is 2.29. The zero-order chi connectivity index (χ0) is 21.8. The van der Waals surface area contributed by atoms with Gasteiger partial charge in [-0.1, -0.05) is 60.7 Å². The molecule has 0 radical (unpaired) electrons. The highest BCUT2D eigenvalue weighted by atomic mass is 32.2. The fourth-order valence-electron chi connectivity index (χ4n) is 3.09. The van der Waals surface area contributed by atoms with Crippen LogP contribution in [0.4, 0.5) is 5.69 Å². The first-order valence-corrected chi connectivity index (χ1v) is 11.1. The molecule has 0 bridgehead atoms. The Hall–Kier alpha value is -2.96. The standard InChI is InChI=1S/C24H26N2O3S/c1-24(2,20-12-8-5-9-13-20)23(27)25-21-14-16-22(17-15-21)30(28,29)26(3)18-19-10-6-4-7-11-19/h4-17H,18H2,1-3H3,(H,25,27). The first kappa shape index (κ1) is 21.7. The molecule has 0 aliphatic heterocycles. The Morgan fingerprint density at radius 1 is 0.867 bits per heavy atom. The molecule has 6 heteroatoms. The van der Waals surface area contributed by atoms with Gasteiger partial charge in [-0.2, -0.15) is 4.31 Å². The molecule has 0 heterocycles. The molecule has 0 saturated carbocycles. The number of carbonyl (C=O) groups excluding carboxylic acids is 1. The van der Waals surface area contributed by atoms with Gasteiger partial charge in [0, 0.05) is 19.3 Å². The van der Waals surface area contributed by atoms with Crippen molar-refractivity contribution in [1.29, 1.82) is 0 Å². The number of hydrogen-bond donors (Lipinski definition) is 1. The van der Waals surface area contributed by atoms with Gasteiger partial charge in [0.1, 0.15) is 0 Å². The van der Waals surface area contributed by atoms with Crippen molar-refractivity contribution in [2.45, 2.75) is 30.7 Å². The third kappa shape index (κ3) is 4.78. The lowest BCUT2D eigenvalue weighted by Gasteiger charge is -2.24. The fraction of sp³-hybridized carbons (Fsp3) is 0.208. The second-order valence-electron chi connectivity index (χ2n) is 7.72. The molecule has 156 valence electrons. The summed E-state index contributed by atoms with van der Waals surface area (Å²) in [5, 5.41) is 2.88. The number of nitrogens with one attached hydrogen (secondary N) is 1. The van der Waals surface area contributed by atoms with Crippen molar-refractivity contribution in [3.63, 3.8) is 0 Å². The summed E-state index contributed by atoms with van der Waals surface area (Å²) in [7, 11) is -2.08. The molecule has 3 aromatic carbocycles. The summed E-state index contributed by atoms with van der Waals surface area (Å²) >= 11 is 0. The van der Waals surface area contributed by atoms with E-state index >= 15 is 0 Å². The minimum atomic E-state index is -3.63. The van der Waals surface area contributed by atoms with E-state index < -0.39 is 15.4 Å². The van der Waals surface area contributed by atoms with Crippen molar-refractivity contribution in [2.75, 3.05) is 12.4 Å². The molecule has 0 fully saturated rings. The van der Waals surface area contributed by atoms with E-state index in [2.05, 4.69) is 5.32 Å². The van der Waals surface area contributed by atoms with Gasteiger partial charge in [-0.05, 0) is 49.2 Å². The zero-order valence-corrected chi connectivity index (χ0v) is 18.2. The van der Waals surface area contributed by atoms with E-state index in [0.717, 1.165) is 11.1 Å². The highest BCUT2D eigenvalue weighted by molar-refractivity contribution is 7.89. The molecule has 5 nitrogen and oxygen atoms in total. The number of anilines is 1. The number of benzene rings is 3. The number of nitrogens with zero attached hydrogens (tertiary/aromatic N) is 1. The monoisotopic (exact) mass is 422 g/mol. The Labute approximate surface area is 178 Å². The maximum atomic E-state index is 12.9. The number of hydrogen-bond acceptors (Lipinski definition) is 3. The second kappa shape index (κ2) is 8.81. The molecule has 0 spiro atoms. The molecule has 1 N–H and O–H groups in total. The van der Waals surface area contributed by atoms with E-state index in [1.807, 2.05) is 74.5 Å². The molecule has 0 aromatic heterocycles. The third-order valence-corrected chi connectivity index (χ3v) is 6.95. The first-order chi connectivity index (χ1) is 14.2. The van der Waals surface area contributed by atoms with Crippen LogP contribution in [-0.4, -0.2) is 25.7 Å². The Balaban J connectivity index is 1.72. The van der Waals surface area contributed by atoms with Crippen LogP contribution in [-0.2, 0) is 26.8 Å². The van der Waals surface area contributed by atoms with Gasteiger partial charge in [0.25, 0.3) is 0 Å². The summed E-state index contributed by atoms with van der Waals surface area (Å²) in [5.74, 6) is -0.162. The average molecular weight is 423 g/mol. The van der Waals surface area contributed by atoms with E-state index in [1.54, 1.807) is 19.2 Å². The van der Waals surface area contributed by atoms with Crippen LogP contribution < -0.4 is 5.32 Å². The van der Waals surface area contributed by atoms with Crippen LogP contribution in [0.5, 0.6) is 0 Å². The smallest absolute Gasteiger partial charge is 0.243 e. The lowest BCUT2D eigenvalue weighted by atomic mass is 9.83. The molecule has 30 heavy (non-hydrogen) atoms. The van der Waals surface area contributed by atoms with E-state index in [4.69, 9.17) is 0 Å². The normalized spacial score (nSPS) is 12.0. The number of amides is 1.